The van der Waals surface area contributed by atoms with Gasteiger partial charge in [0.05, 0.1) is 30.6 Å². The van der Waals surface area contributed by atoms with Crippen molar-refractivity contribution in [1.29, 1.82) is 0 Å². The molecule has 2 atom stereocenters. The molecule has 0 spiro atoms. The van der Waals surface area contributed by atoms with E-state index >= 15 is 0 Å². The van der Waals surface area contributed by atoms with Crippen molar-refractivity contribution in [1.82, 2.24) is 19.9 Å². The number of hydrogen-bond acceptors (Lipinski definition) is 6. The van der Waals surface area contributed by atoms with Gasteiger partial charge in [-0.2, -0.15) is 0 Å². The van der Waals surface area contributed by atoms with Gasteiger partial charge in [0.1, 0.15) is 5.75 Å². The van der Waals surface area contributed by atoms with Crippen molar-refractivity contribution < 1.29 is 19.4 Å². The molecule has 9 heteroatoms. The maximum atomic E-state index is 10.8. The van der Waals surface area contributed by atoms with Crippen LogP contribution in [0.1, 0.15) is 23.7 Å². The molecular weight excluding hydrogens is 360 g/mol. The molecule has 138 valence electrons. The number of carboxylic acid groups (broad SMARTS) is 1. The number of benzene rings is 1. The van der Waals surface area contributed by atoms with Crippen LogP contribution in [0.25, 0.3) is 0 Å². The summed E-state index contributed by atoms with van der Waals surface area (Å²) in [4.78, 5) is 13.1. The largest absolute Gasteiger partial charge is 0.482 e. The molecule has 1 aromatic heterocycles. The summed E-state index contributed by atoms with van der Waals surface area (Å²) in [5.41, 5.74) is 1.86. The fourth-order valence-corrected chi connectivity index (χ4v) is 3.78. The number of halogens is 1. The molecule has 1 aromatic carbocycles. The topological polar surface area (TPSA) is 89.7 Å². The minimum atomic E-state index is -1.01. The van der Waals surface area contributed by atoms with Crippen molar-refractivity contribution in [2.75, 3.05) is 19.7 Å². The van der Waals surface area contributed by atoms with Crippen LogP contribution >= 0.6 is 11.6 Å². The number of aliphatic carboxylic acids is 1. The van der Waals surface area contributed by atoms with E-state index in [0.29, 0.717) is 23.9 Å². The van der Waals surface area contributed by atoms with E-state index in [1.165, 1.54) is 0 Å². The summed E-state index contributed by atoms with van der Waals surface area (Å²) in [5.74, 6) is -0.468. The minimum Gasteiger partial charge on any atom is -0.482 e. The van der Waals surface area contributed by atoms with Crippen molar-refractivity contribution in [3.05, 3.63) is 40.7 Å². The number of ether oxygens (including phenoxy) is 2. The van der Waals surface area contributed by atoms with Gasteiger partial charge in [-0.05, 0) is 24.6 Å². The zero-order valence-corrected chi connectivity index (χ0v) is 14.8. The monoisotopic (exact) mass is 378 g/mol. The molecule has 0 amide bonds. The lowest BCUT2D eigenvalue weighted by molar-refractivity contribution is -0.139. The SMILES string of the molecule is O=C(O)COc1ccc(Cl)cc1CN1CC[C@H]2OCc3cnnn3[C@H]2C1. The van der Waals surface area contributed by atoms with Crippen LogP contribution in [-0.4, -0.2) is 56.8 Å². The summed E-state index contributed by atoms with van der Waals surface area (Å²) in [6.07, 6.45) is 2.78. The zero-order valence-electron chi connectivity index (χ0n) is 14.0. The van der Waals surface area contributed by atoms with Gasteiger partial charge in [-0.3, -0.25) is 4.90 Å². The maximum Gasteiger partial charge on any atom is 0.341 e. The van der Waals surface area contributed by atoms with Crippen molar-refractivity contribution in [2.45, 2.75) is 31.7 Å². The molecule has 0 saturated carbocycles. The first-order valence-corrected chi connectivity index (χ1v) is 8.84. The molecule has 1 N–H and O–H groups in total. The Labute approximate surface area is 155 Å². The van der Waals surface area contributed by atoms with Crippen molar-refractivity contribution in [2.24, 2.45) is 0 Å². The van der Waals surface area contributed by atoms with Gasteiger partial charge >= 0.3 is 5.97 Å². The van der Waals surface area contributed by atoms with Crippen molar-refractivity contribution in [3.63, 3.8) is 0 Å². The highest BCUT2D eigenvalue weighted by atomic mass is 35.5. The molecule has 2 aromatic rings. The third-order valence-corrected chi connectivity index (χ3v) is 5.02. The van der Waals surface area contributed by atoms with Gasteiger partial charge in [0, 0.05) is 30.2 Å². The smallest absolute Gasteiger partial charge is 0.341 e. The molecule has 0 bridgehead atoms. The molecular formula is C17H19ClN4O4. The van der Waals surface area contributed by atoms with Crippen LogP contribution < -0.4 is 4.74 Å². The highest BCUT2D eigenvalue weighted by Crippen LogP contribution is 2.32. The Morgan fingerprint density at radius 3 is 3.19 bits per heavy atom. The molecule has 0 aliphatic carbocycles. The summed E-state index contributed by atoms with van der Waals surface area (Å²) in [7, 11) is 0. The van der Waals surface area contributed by atoms with E-state index in [1.807, 2.05) is 10.7 Å². The van der Waals surface area contributed by atoms with Crippen molar-refractivity contribution >= 4 is 17.6 Å². The first kappa shape index (κ1) is 17.3. The molecule has 26 heavy (non-hydrogen) atoms. The lowest BCUT2D eigenvalue weighted by Gasteiger charge is -2.41. The van der Waals surface area contributed by atoms with Crippen LogP contribution in [0.3, 0.4) is 0 Å². The third kappa shape index (κ3) is 3.53. The van der Waals surface area contributed by atoms with Gasteiger partial charge in [-0.15, -0.1) is 5.10 Å². The number of likely N-dealkylation sites (tertiary alicyclic amines) is 1. The van der Waals surface area contributed by atoms with E-state index in [4.69, 9.17) is 26.2 Å². The molecule has 8 nitrogen and oxygen atoms in total. The molecule has 2 aliphatic heterocycles. The molecule has 2 aliphatic rings. The average molecular weight is 379 g/mol. The zero-order chi connectivity index (χ0) is 18.1. The Bertz CT molecular complexity index is 812. The third-order valence-electron chi connectivity index (χ3n) is 4.78. The lowest BCUT2D eigenvalue weighted by atomic mass is 9.99. The fourth-order valence-electron chi connectivity index (χ4n) is 3.58. The summed E-state index contributed by atoms with van der Waals surface area (Å²) < 4.78 is 13.3. The summed E-state index contributed by atoms with van der Waals surface area (Å²) >= 11 is 6.13. The predicted molar refractivity (Wildman–Crippen MR) is 92.1 cm³/mol. The summed E-state index contributed by atoms with van der Waals surface area (Å²) in [6, 6.07) is 5.36. The normalized spacial score (nSPS) is 22.5. The van der Waals surface area contributed by atoms with Gasteiger partial charge in [0.25, 0.3) is 0 Å². The van der Waals surface area contributed by atoms with E-state index < -0.39 is 5.97 Å². The minimum absolute atomic E-state index is 0.123. The number of hydrogen-bond donors (Lipinski definition) is 1. The highest BCUT2D eigenvalue weighted by molar-refractivity contribution is 6.30. The van der Waals surface area contributed by atoms with Gasteiger partial charge in [0.2, 0.25) is 0 Å². The molecule has 3 heterocycles. The second-order valence-corrected chi connectivity index (χ2v) is 6.98. The first-order chi connectivity index (χ1) is 12.6. The van der Waals surface area contributed by atoms with E-state index in [0.717, 1.165) is 30.8 Å². The highest BCUT2D eigenvalue weighted by Gasteiger charge is 2.36. The summed E-state index contributed by atoms with van der Waals surface area (Å²) in [6.45, 7) is 2.43. The second-order valence-electron chi connectivity index (χ2n) is 6.54. The molecule has 0 radical (unpaired) electrons. The summed E-state index contributed by atoms with van der Waals surface area (Å²) in [5, 5.41) is 17.7. The number of carbonyl (C=O) groups is 1. The van der Waals surface area contributed by atoms with Crippen LogP contribution in [0.4, 0.5) is 0 Å². The average Bonchev–Trinajstić information content (AvgIpc) is 3.10. The van der Waals surface area contributed by atoms with E-state index in [-0.39, 0.29) is 18.8 Å². The van der Waals surface area contributed by atoms with Gasteiger partial charge in [0.15, 0.2) is 6.61 Å². The Hall–Kier alpha value is -2.16. The molecule has 4 rings (SSSR count). The molecule has 1 fully saturated rings. The number of fused-ring (bicyclic) bond motifs is 3. The predicted octanol–water partition coefficient (Wildman–Crippen LogP) is 1.74. The van der Waals surface area contributed by atoms with Crippen molar-refractivity contribution in [3.8, 4) is 5.75 Å². The first-order valence-electron chi connectivity index (χ1n) is 8.46. The fraction of sp³-hybridized carbons (Fsp3) is 0.471. The lowest BCUT2D eigenvalue weighted by Crippen LogP contribution is -2.47. The van der Waals surface area contributed by atoms with Crippen LogP contribution in [-0.2, 0) is 22.7 Å². The number of piperidine rings is 1. The van der Waals surface area contributed by atoms with Gasteiger partial charge in [-0.25, -0.2) is 9.48 Å². The standard InChI is InChI=1S/C17H19ClN4O4/c18-12-1-2-15(26-10-17(23)24)11(5-12)7-21-4-3-16-14(8-21)22-13(9-25-16)6-19-20-22/h1-2,5-6,14,16H,3-4,7-10H2,(H,23,24)/t14-,16+/m0/s1. The quantitative estimate of drug-likeness (QED) is 0.847. The number of rotatable bonds is 5. The second kappa shape index (κ2) is 7.22. The Balaban J connectivity index is 1.50. The number of carboxylic acids is 1. The Morgan fingerprint density at radius 2 is 2.35 bits per heavy atom. The maximum absolute atomic E-state index is 10.8. The van der Waals surface area contributed by atoms with Crippen LogP contribution in [0.15, 0.2) is 24.4 Å². The van der Waals surface area contributed by atoms with Crippen LogP contribution in [0.2, 0.25) is 5.02 Å². The van der Waals surface area contributed by atoms with E-state index in [1.54, 1.807) is 18.3 Å². The molecule has 0 unspecified atom stereocenters. The Kier molecular flexibility index (Phi) is 4.80. The number of aromatic nitrogens is 3. The van der Waals surface area contributed by atoms with Crippen LogP contribution in [0, 0.1) is 0 Å². The Morgan fingerprint density at radius 1 is 1.46 bits per heavy atom. The van der Waals surface area contributed by atoms with E-state index in [2.05, 4.69) is 15.2 Å². The van der Waals surface area contributed by atoms with Gasteiger partial charge in [-0.1, -0.05) is 16.8 Å². The van der Waals surface area contributed by atoms with Crippen LogP contribution in [0.5, 0.6) is 5.75 Å². The van der Waals surface area contributed by atoms with E-state index in [9.17, 15) is 4.79 Å². The van der Waals surface area contributed by atoms with Gasteiger partial charge < -0.3 is 14.6 Å². The number of nitrogens with zero attached hydrogens (tertiary/aromatic N) is 4. The molecule has 1 saturated heterocycles.